The Morgan fingerprint density at radius 3 is 2.32 bits per heavy atom. The summed E-state index contributed by atoms with van der Waals surface area (Å²) in [5.41, 5.74) is 0.859. The van der Waals surface area contributed by atoms with Crippen LogP contribution in [-0.4, -0.2) is 6.04 Å². The Hall–Kier alpha value is -0.730. The third-order valence-corrected chi connectivity index (χ3v) is 5.58. The van der Waals surface area contributed by atoms with Gasteiger partial charge in [-0.05, 0) is 43.2 Å². The molecule has 3 atom stereocenters. The van der Waals surface area contributed by atoms with Crippen LogP contribution in [0.25, 0.3) is 5.70 Å². The van der Waals surface area contributed by atoms with Gasteiger partial charge in [-0.25, -0.2) is 4.39 Å². The molecule has 1 aromatic rings. The molecule has 0 aromatic heterocycles. The first-order chi connectivity index (χ1) is 11.8. The maximum Gasteiger partial charge on any atom is 0.135 e. The molecular weight excluding hydrogens is 356 g/mol. The minimum Gasteiger partial charge on any atom is -0.382 e. The summed E-state index contributed by atoms with van der Waals surface area (Å²) in [5, 5.41) is 4.04. The number of nitrogens with one attached hydrogen (secondary N) is 1. The standard InChI is InChI=1S/C21H32Cl2FN/c1-6-9-16(11-10-14(4)7-2)20(8-3)25-15(5)21-18(23)12-17(22)13-19(21)24/h12-14,16,20,25H,5-11H2,1-4H3. The molecule has 0 spiro atoms. The first-order valence-electron chi connectivity index (χ1n) is 9.44. The fourth-order valence-corrected chi connectivity index (χ4v) is 3.88. The zero-order chi connectivity index (χ0) is 19.0. The van der Waals surface area contributed by atoms with E-state index in [0.29, 0.717) is 27.2 Å². The maximum atomic E-state index is 14.3. The fraction of sp³-hybridized carbons (Fsp3) is 0.619. The maximum absolute atomic E-state index is 14.3. The van der Waals surface area contributed by atoms with Gasteiger partial charge in [0.2, 0.25) is 0 Å². The van der Waals surface area contributed by atoms with Crippen LogP contribution in [0.15, 0.2) is 18.7 Å². The van der Waals surface area contributed by atoms with Crippen molar-refractivity contribution in [3.8, 4) is 0 Å². The molecule has 0 aliphatic carbocycles. The van der Waals surface area contributed by atoms with E-state index in [0.717, 1.165) is 25.2 Å². The summed E-state index contributed by atoms with van der Waals surface area (Å²) in [5.74, 6) is 0.856. The van der Waals surface area contributed by atoms with E-state index in [1.807, 2.05) is 0 Å². The number of hydrogen-bond donors (Lipinski definition) is 1. The summed E-state index contributed by atoms with van der Waals surface area (Å²) >= 11 is 12.1. The summed E-state index contributed by atoms with van der Waals surface area (Å²) in [6.45, 7) is 13.0. The van der Waals surface area contributed by atoms with Gasteiger partial charge in [0, 0.05) is 16.8 Å². The van der Waals surface area contributed by atoms with Crippen LogP contribution in [-0.2, 0) is 0 Å². The predicted octanol–water partition coefficient (Wildman–Crippen LogP) is 7.71. The summed E-state index contributed by atoms with van der Waals surface area (Å²) in [7, 11) is 0. The van der Waals surface area contributed by atoms with Gasteiger partial charge in [-0.1, -0.05) is 76.7 Å². The zero-order valence-corrected chi connectivity index (χ0v) is 17.5. The first kappa shape index (κ1) is 22.3. The normalized spacial score (nSPS) is 14.8. The van der Waals surface area contributed by atoms with Crippen LogP contribution in [0.5, 0.6) is 0 Å². The average Bonchev–Trinajstić information content (AvgIpc) is 2.55. The Kier molecular flexibility index (Phi) is 9.89. The molecule has 0 aliphatic heterocycles. The number of hydrogen-bond acceptors (Lipinski definition) is 1. The molecule has 25 heavy (non-hydrogen) atoms. The molecule has 0 heterocycles. The van der Waals surface area contributed by atoms with E-state index in [-0.39, 0.29) is 6.04 Å². The number of halogens is 3. The molecule has 0 bridgehead atoms. The lowest BCUT2D eigenvalue weighted by Gasteiger charge is -2.30. The smallest absolute Gasteiger partial charge is 0.135 e. The van der Waals surface area contributed by atoms with Gasteiger partial charge in [-0.3, -0.25) is 0 Å². The summed E-state index contributed by atoms with van der Waals surface area (Å²) < 4.78 is 14.3. The highest BCUT2D eigenvalue weighted by Gasteiger charge is 2.22. The molecule has 1 N–H and O–H groups in total. The van der Waals surface area contributed by atoms with E-state index in [1.165, 1.54) is 25.3 Å². The molecule has 0 radical (unpaired) electrons. The highest BCUT2D eigenvalue weighted by atomic mass is 35.5. The Labute approximate surface area is 163 Å². The molecule has 4 heteroatoms. The second-order valence-electron chi connectivity index (χ2n) is 7.02. The molecule has 0 aliphatic rings. The van der Waals surface area contributed by atoms with Crippen molar-refractivity contribution < 1.29 is 4.39 Å². The molecule has 3 unspecified atom stereocenters. The minimum absolute atomic E-state index is 0.266. The summed E-state index contributed by atoms with van der Waals surface area (Å²) in [6, 6.07) is 3.10. The van der Waals surface area contributed by atoms with Gasteiger partial charge in [0.1, 0.15) is 5.82 Å². The van der Waals surface area contributed by atoms with Crippen molar-refractivity contribution >= 4 is 28.9 Å². The molecule has 0 saturated carbocycles. The minimum atomic E-state index is -0.434. The number of rotatable bonds is 11. The quantitative estimate of drug-likeness (QED) is 0.409. The van der Waals surface area contributed by atoms with Gasteiger partial charge >= 0.3 is 0 Å². The van der Waals surface area contributed by atoms with Crippen LogP contribution in [0, 0.1) is 17.7 Å². The van der Waals surface area contributed by atoms with E-state index < -0.39 is 5.82 Å². The Balaban J connectivity index is 2.89. The van der Waals surface area contributed by atoms with Gasteiger partial charge in [0.05, 0.1) is 10.6 Å². The van der Waals surface area contributed by atoms with Crippen molar-refractivity contribution in [3.63, 3.8) is 0 Å². The van der Waals surface area contributed by atoms with E-state index >= 15 is 0 Å². The van der Waals surface area contributed by atoms with Crippen molar-refractivity contribution in [3.05, 3.63) is 40.1 Å². The molecule has 1 aromatic carbocycles. The highest BCUT2D eigenvalue weighted by molar-refractivity contribution is 6.35. The molecule has 0 fully saturated rings. The molecule has 0 amide bonds. The largest absolute Gasteiger partial charge is 0.382 e. The van der Waals surface area contributed by atoms with Crippen molar-refractivity contribution in [1.82, 2.24) is 5.32 Å². The lowest BCUT2D eigenvalue weighted by molar-refractivity contribution is 0.303. The fourth-order valence-electron chi connectivity index (χ4n) is 3.30. The van der Waals surface area contributed by atoms with Crippen LogP contribution in [0.4, 0.5) is 4.39 Å². The van der Waals surface area contributed by atoms with E-state index in [9.17, 15) is 4.39 Å². The molecular formula is C21H32Cl2FN. The summed E-state index contributed by atoms with van der Waals surface area (Å²) in [6.07, 6.45) is 6.89. The lowest BCUT2D eigenvalue weighted by atomic mass is 9.85. The van der Waals surface area contributed by atoms with Gasteiger partial charge in [-0.15, -0.1) is 0 Å². The summed E-state index contributed by atoms with van der Waals surface area (Å²) in [4.78, 5) is 0. The van der Waals surface area contributed by atoms with Crippen molar-refractivity contribution in [2.75, 3.05) is 0 Å². The Morgan fingerprint density at radius 1 is 1.12 bits per heavy atom. The predicted molar refractivity (Wildman–Crippen MR) is 110 cm³/mol. The monoisotopic (exact) mass is 387 g/mol. The second kappa shape index (κ2) is 11.1. The van der Waals surface area contributed by atoms with E-state index in [4.69, 9.17) is 23.2 Å². The lowest BCUT2D eigenvalue weighted by Crippen LogP contribution is -2.35. The Bertz CT molecular complexity index is 536. The Morgan fingerprint density at radius 2 is 1.80 bits per heavy atom. The van der Waals surface area contributed by atoms with Crippen LogP contribution < -0.4 is 5.32 Å². The van der Waals surface area contributed by atoms with Crippen LogP contribution in [0.3, 0.4) is 0 Å². The SMILES string of the molecule is C=C(NC(CC)C(CCC)CCC(C)CC)c1c(F)cc(Cl)cc1Cl. The van der Waals surface area contributed by atoms with Gasteiger partial charge in [0.15, 0.2) is 0 Å². The first-order valence-corrected chi connectivity index (χ1v) is 10.2. The van der Waals surface area contributed by atoms with Crippen molar-refractivity contribution in [1.29, 1.82) is 0 Å². The van der Waals surface area contributed by atoms with E-state index in [2.05, 4.69) is 39.6 Å². The number of benzene rings is 1. The highest BCUT2D eigenvalue weighted by Crippen LogP contribution is 2.30. The van der Waals surface area contributed by atoms with Gasteiger partial charge in [-0.2, -0.15) is 0 Å². The topological polar surface area (TPSA) is 12.0 Å². The van der Waals surface area contributed by atoms with E-state index in [1.54, 1.807) is 6.07 Å². The van der Waals surface area contributed by atoms with Gasteiger partial charge in [0.25, 0.3) is 0 Å². The van der Waals surface area contributed by atoms with Gasteiger partial charge < -0.3 is 5.32 Å². The van der Waals surface area contributed by atoms with Crippen LogP contribution in [0.2, 0.25) is 10.0 Å². The molecule has 142 valence electrons. The molecule has 1 nitrogen and oxygen atoms in total. The van der Waals surface area contributed by atoms with Crippen LogP contribution in [0.1, 0.15) is 71.8 Å². The van der Waals surface area contributed by atoms with Crippen molar-refractivity contribution in [2.24, 2.45) is 11.8 Å². The molecule has 0 saturated heterocycles. The molecule has 1 rings (SSSR count). The third-order valence-electron chi connectivity index (χ3n) is 5.06. The average molecular weight is 388 g/mol. The zero-order valence-electron chi connectivity index (χ0n) is 16.0. The third kappa shape index (κ3) is 6.83. The second-order valence-corrected chi connectivity index (χ2v) is 7.87. The van der Waals surface area contributed by atoms with Crippen molar-refractivity contribution in [2.45, 2.75) is 72.3 Å². The van der Waals surface area contributed by atoms with Crippen LogP contribution >= 0.6 is 23.2 Å².